The molecule has 2 fully saturated rings. The van der Waals surface area contributed by atoms with E-state index in [1.54, 1.807) is 0 Å². The van der Waals surface area contributed by atoms with Crippen molar-refractivity contribution in [2.75, 3.05) is 39.3 Å². The molecular weight excluding hydrogens is 262 g/mol. The number of nitrogens with zero attached hydrogens (tertiary/aromatic N) is 2. The molecule has 0 radical (unpaired) electrons. The van der Waals surface area contributed by atoms with Crippen LogP contribution in [0.25, 0.3) is 0 Å². The lowest BCUT2D eigenvalue weighted by Gasteiger charge is -2.33. The van der Waals surface area contributed by atoms with Crippen LogP contribution in [0.1, 0.15) is 52.4 Å². The lowest BCUT2D eigenvalue weighted by atomic mass is 9.97. The third kappa shape index (κ3) is 5.59. The van der Waals surface area contributed by atoms with Crippen LogP contribution in [0, 0.1) is 5.92 Å². The van der Waals surface area contributed by atoms with Gasteiger partial charge in [-0.05, 0) is 58.5 Å². The van der Waals surface area contributed by atoms with Gasteiger partial charge in [0, 0.05) is 25.7 Å². The van der Waals surface area contributed by atoms with Crippen molar-refractivity contribution < 1.29 is 4.79 Å². The van der Waals surface area contributed by atoms with E-state index in [1.807, 2.05) is 0 Å². The molecule has 0 bridgehead atoms. The summed E-state index contributed by atoms with van der Waals surface area (Å²) < 4.78 is 0. The molecule has 2 saturated heterocycles. The van der Waals surface area contributed by atoms with Gasteiger partial charge in [0.25, 0.3) is 0 Å². The minimum absolute atomic E-state index is 0.347. The van der Waals surface area contributed by atoms with Crippen molar-refractivity contribution in [1.29, 1.82) is 0 Å². The molecule has 2 heterocycles. The number of carbonyl (C=O) groups excluding carboxylic acids is 1. The Morgan fingerprint density at radius 2 is 1.76 bits per heavy atom. The summed E-state index contributed by atoms with van der Waals surface area (Å²) >= 11 is 0. The van der Waals surface area contributed by atoms with Crippen LogP contribution in [0.2, 0.25) is 0 Å². The van der Waals surface area contributed by atoms with Gasteiger partial charge < -0.3 is 10.2 Å². The smallest absolute Gasteiger partial charge is 0.236 e. The highest BCUT2D eigenvalue weighted by atomic mass is 16.2. The molecule has 4 nitrogen and oxygen atoms in total. The lowest BCUT2D eigenvalue weighted by Crippen LogP contribution is -2.46. The van der Waals surface area contributed by atoms with Gasteiger partial charge in [-0.15, -0.1) is 0 Å². The number of rotatable bonds is 5. The molecule has 2 aliphatic rings. The molecular formula is C17H33N3O. The van der Waals surface area contributed by atoms with Gasteiger partial charge in [0.05, 0.1) is 6.54 Å². The van der Waals surface area contributed by atoms with Gasteiger partial charge in [0.15, 0.2) is 0 Å². The Labute approximate surface area is 130 Å². The molecule has 4 heteroatoms. The highest BCUT2D eigenvalue weighted by Crippen LogP contribution is 2.16. The van der Waals surface area contributed by atoms with E-state index in [0.29, 0.717) is 18.5 Å². The fourth-order valence-corrected chi connectivity index (χ4v) is 3.45. The average Bonchev–Trinajstić information content (AvgIpc) is 2.76. The van der Waals surface area contributed by atoms with Crippen LogP contribution in [-0.2, 0) is 4.79 Å². The second kappa shape index (κ2) is 8.74. The summed E-state index contributed by atoms with van der Waals surface area (Å²) in [4.78, 5) is 17.1. The Kier molecular flexibility index (Phi) is 6.97. The quantitative estimate of drug-likeness (QED) is 0.844. The van der Waals surface area contributed by atoms with Crippen molar-refractivity contribution in [3.05, 3.63) is 0 Å². The highest BCUT2D eigenvalue weighted by Gasteiger charge is 2.23. The molecule has 0 spiro atoms. The largest absolute Gasteiger partial charge is 0.342 e. The third-order valence-electron chi connectivity index (χ3n) is 4.98. The summed E-state index contributed by atoms with van der Waals surface area (Å²) in [6.45, 7) is 10.3. The molecule has 0 atom stereocenters. The monoisotopic (exact) mass is 295 g/mol. The number of piperidine rings is 1. The van der Waals surface area contributed by atoms with Crippen molar-refractivity contribution >= 4 is 5.91 Å². The topological polar surface area (TPSA) is 35.6 Å². The maximum Gasteiger partial charge on any atom is 0.236 e. The summed E-state index contributed by atoms with van der Waals surface area (Å²) in [7, 11) is 0. The minimum Gasteiger partial charge on any atom is -0.342 e. The van der Waals surface area contributed by atoms with Gasteiger partial charge in [0.2, 0.25) is 5.91 Å². The van der Waals surface area contributed by atoms with Crippen molar-refractivity contribution in [1.82, 2.24) is 15.1 Å². The van der Waals surface area contributed by atoms with Crippen LogP contribution < -0.4 is 5.32 Å². The first-order valence-corrected chi connectivity index (χ1v) is 8.89. The minimum atomic E-state index is 0.347. The van der Waals surface area contributed by atoms with Gasteiger partial charge in [0.1, 0.15) is 0 Å². The Hall–Kier alpha value is -0.610. The molecule has 0 unspecified atom stereocenters. The van der Waals surface area contributed by atoms with Crippen LogP contribution >= 0.6 is 0 Å². The number of hydrogen-bond acceptors (Lipinski definition) is 3. The molecule has 0 aromatic heterocycles. The Balaban J connectivity index is 1.84. The average molecular weight is 295 g/mol. The van der Waals surface area contributed by atoms with Gasteiger partial charge in [-0.1, -0.05) is 12.8 Å². The second-order valence-corrected chi connectivity index (χ2v) is 7.01. The first-order valence-electron chi connectivity index (χ1n) is 8.89. The number of nitrogens with one attached hydrogen (secondary N) is 1. The summed E-state index contributed by atoms with van der Waals surface area (Å²) in [5.74, 6) is 1.10. The van der Waals surface area contributed by atoms with Gasteiger partial charge in [-0.25, -0.2) is 0 Å². The number of carbonyl (C=O) groups is 1. The molecule has 0 aliphatic carbocycles. The van der Waals surface area contributed by atoms with E-state index >= 15 is 0 Å². The highest BCUT2D eigenvalue weighted by molar-refractivity contribution is 5.78. The molecule has 2 aliphatic heterocycles. The molecule has 0 aromatic carbocycles. The summed E-state index contributed by atoms with van der Waals surface area (Å²) in [6.07, 6.45) is 7.44. The molecule has 2 rings (SSSR count). The first kappa shape index (κ1) is 16.8. The van der Waals surface area contributed by atoms with Gasteiger partial charge in [-0.3, -0.25) is 9.69 Å². The second-order valence-electron chi connectivity index (χ2n) is 7.01. The fourth-order valence-electron chi connectivity index (χ4n) is 3.45. The fraction of sp³-hybridized carbons (Fsp3) is 0.941. The van der Waals surface area contributed by atoms with Crippen LogP contribution in [0.3, 0.4) is 0 Å². The van der Waals surface area contributed by atoms with Gasteiger partial charge in [-0.2, -0.15) is 0 Å². The van der Waals surface area contributed by atoms with E-state index in [9.17, 15) is 4.79 Å². The van der Waals surface area contributed by atoms with E-state index in [1.165, 1.54) is 38.5 Å². The summed E-state index contributed by atoms with van der Waals surface area (Å²) in [5.41, 5.74) is 0. The predicted octanol–water partition coefficient (Wildman–Crippen LogP) is 2.10. The van der Waals surface area contributed by atoms with Crippen LogP contribution in [0.5, 0.6) is 0 Å². The van der Waals surface area contributed by atoms with Crippen molar-refractivity contribution in [3.8, 4) is 0 Å². The lowest BCUT2D eigenvalue weighted by molar-refractivity contribution is -0.133. The first-order chi connectivity index (χ1) is 10.2. The standard InChI is InChI=1S/C17H33N3O/c1-15(2)20(13-16-7-9-18-10-8-16)14-17(21)19-11-5-3-4-6-12-19/h15-16,18H,3-14H2,1-2H3. The number of likely N-dealkylation sites (tertiary alicyclic amines) is 1. The maximum atomic E-state index is 12.6. The summed E-state index contributed by atoms with van der Waals surface area (Å²) in [6, 6.07) is 0.454. The van der Waals surface area contributed by atoms with E-state index in [0.717, 1.165) is 38.6 Å². The molecule has 1 N–H and O–H groups in total. The zero-order valence-corrected chi connectivity index (χ0v) is 13.9. The molecule has 0 saturated carbocycles. The van der Waals surface area contributed by atoms with E-state index in [4.69, 9.17) is 0 Å². The Bertz CT molecular complexity index is 305. The zero-order chi connectivity index (χ0) is 15.1. The zero-order valence-electron chi connectivity index (χ0n) is 13.9. The molecule has 1 amide bonds. The molecule has 21 heavy (non-hydrogen) atoms. The van der Waals surface area contributed by atoms with E-state index in [2.05, 4.69) is 29.0 Å². The Morgan fingerprint density at radius 1 is 1.14 bits per heavy atom. The van der Waals surface area contributed by atoms with Crippen molar-refractivity contribution in [3.63, 3.8) is 0 Å². The van der Waals surface area contributed by atoms with Gasteiger partial charge >= 0.3 is 0 Å². The van der Waals surface area contributed by atoms with Crippen LogP contribution in [0.15, 0.2) is 0 Å². The molecule has 0 aromatic rings. The van der Waals surface area contributed by atoms with E-state index in [-0.39, 0.29) is 0 Å². The normalized spacial score (nSPS) is 21.8. The summed E-state index contributed by atoms with van der Waals surface area (Å²) in [5, 5.41) is 3.42. The Morgan fingerprint density at radius 3 is 2.33 bits per heavy atom. The third-order valence-corrected chi connectivity index (χ3v) is 4.98. The SMILES string of the molecule is CC(C)N(CC(=O)N1CCCCCC1)CC1CCNCC1. The maximum absolute atomic E-state index is 12.6. The number of hydrogen-bond donors (Lipinski definition) is 1. The number of amides is 1. The van der Waals surface area contributed by atoms with E-state index < -0.39 is 0 Å². The predicted molar refractivity (Wildman–Crippen MR) is 87.4 cm³/mol. The van der Waals surface area contributed by atoms with Crippen LogP contribution in [-0.4, -0.2) is 61.0 Å². The van der Waals surface area contributed by atoms with Crippen molar-refractivity contribution in [2.45, 2.75) is 58.4 Å². The van der Waals surface area contributed by atoms with Crippen LogP contribution in [0.4, 0.5) is 0 Å². The molecule has 122 valence electrons. The van der Waals surface area contributed by atoms with Crippen molar-refractivity contribution in [2.24, 2.45) is 5.92 Å².